The van der Waals surface area contributed by atoms with Gasteiger partial charge in [0.25, 0.3) is 5.91 Å². The van der Waals surface area contributed by atoms with Crippen molar-refractivity contribution < 1.29 is 14.6 Å². The van der Waals surface area contributed by atoms with Crippen LogP contribution >= 0.6 is 11.3 Å². The van der Waals surface area contributed by atoms with Gasteiger partial charge in [0.2, 0.25) is 0 Å². The molecular formula is C14H15NO3S. The number of aryl methyl sites for hydroxylation is 1. The van der Waals surface area contributed by atoms with Crippen LogP contribution in [-0.2, 0) is 6.54 Å². The Bertz CT molecular complexity index is 592. The number of carbonyl (C=O) groups excluding carboxylic acids is 1. The summed E-state index contributed by atoms with van der Waals surface area (Å²) in [6.45, 7) is 2.46. The van der Waals surface area contributed by atoms with Gasteiger partial charge in [-0.15, -0.1) is 11.3 Å². The normalized spacial score (nSPS) is 10.2. The van der Waals surface area contributed by atoms with Gasteiger partial charge in [0.05, 0.1) is 19.2 Å². The maximum Gasteiger partial charge on any atom is 0.255 e. The number of nitrogens with one attached hydrogen (secondary N) is 1. The summed E-state index contributed by atoms with van der Waals surface area (Å²) < 4.78 is 5.04. The first-order chi connectivity index (χ1) is 9.11. The van der Waals surface area contributed by atoms with Crippen LogP contribution in [0.5, 0.6) is 11.5 Å². The van der Waals surface area contributed by atoms with Gasteiger partial charge < -0.3 is 15.2 Å². The largest absolute Gasteiger partial charge is 0.507 e. The molecule has 0 spiro atoms. The number of ether oxygens (including phenoxy) is 1. The van der Waals surface area contributed by atoms with Gasteiger partial charge in [-0.05, 0) is 42.1 Å². The molecule has 1 aromatic carbocycles. The van der Waals surface area contributed by atoms with Gasteiger partial charge in [-0.25, -0.2) is 0 Å². The molecule has 0 saturated carbocycles. The minimum Gasteiger partial charge on any atom is -0.507 e. The number of amides is 1. The van der Waals surface area contributed by atoms with E-state index < -0.39 is 0 Å². The number of hydrogen-bond donors (Lipinski definition) is 2. The maximum absolute atomic E-state index is 12.0. The topological polar surface area (TPSA) is 58.6 Å². The van der Waals surface area contributed by atoms with Crippen molar-refractivity contribution in [1.82, 2.24) is 5.32 Å². The van der Waals surface area contributed by atoms with E-state index in [2.05, 4.69) is 5.32 Å². The number of phenolic OH excluding ortho intramolecular Hbond substituents is 1. The van der Waals surface area contributed by atoms with Crippen molar-refractivity contribution in [2.75, 3.05) is 7.11 Å². The van der Waals surface area contributed by atoms with Crippen LogP contribution < -0.4 is 10.1 Å². The number of carbonyl (C=O) groups is 1. The highest BCUT2D eigenvalue weighted by Gasteiger charge is 2.12. The van der Waals surface area contributed by atoms with Crippen LogP contribution in [0.25, 0.3) is 0 Å². The Morgan fingerprint density at radius 2 is 2.21 bits per heavy atom. The Kier molecular flexibility index (Phi) is 4.06. The quantitative estimate of drug-likeness (QED) is 0.903. The number of thiophene rings is 1. The minimum absolute atomic E-state index is 0.0544. The molecular weight excluding hydrogens is 262 g/mol. The summed E-state index contributed by atoms with van der Waals surface area (Å²) in [4.78, 5) is 13.1. The standard InChI is InChI=1S/C14H15NO3S/c1-9-5-6-19-13(9)8-15-14(17)11-7-10(18-2)3-4-12(11)16/h3-7,16H,8H2,1-2H3,(H,15,17). The van der Waals surface area contributed by atoms with E-state index in [0.717, 1.165) is 10.4 Å². The molecule has 0 aliphatic heterocycles. The summed E-state index contributed by atoms with van der Waals surface area (Å²) in [7, 11) is 1.52. The molecule has 0 aliphatic rings. The van der Waals surface area contributed by atoms with Crippen LogP contribution in [0.3, 0.4) is 0 Å². The SMILES string of the molecule is COc1ccc(O)c(C(=O)NCc2sccc2C)c1. The van der Waals surface area contributed by atoms with Gasteiger partial charge in [0.1, 0.15) is 11.5 Å². The lowest BCUT2D eigenvalue weighted by Crippen LogP contribution is -2.22. The van der Waals surface area contributed by atoms with E-state index in [1.807, 2.05) is 18.4 Å². The van der Waals surface area contributed by atoms with Gasteiger partial charge in [0.15, 0.2) is 0 Å². The van der Waals surface area contributed by atoms with Gasteiger partial charge in [-0.3, -0.25) is 4.79 Å². The third kappa shape index (κ3) is 3.06. The van der Waals surface area contributed by atoms with Gasteiger partial charge in [-0.2, -0.15) is 0 Å². The molecule has 4 nitrogen and oxygen atoms in total. The molecule has 1 amide bonds. The smallest absolute Gasteiger partial charge is 0.255 e. The molecule has 0 saturated heterocycles. The summed E-state index contributed by atoms with van der Waals surface area (Å²) >= 11 is 1.60. The molecule has 1 aromatic heterocycles. The predicted molar refractivity (Wildman–Crippen MR) is 74.9 cm³/mol. The van der Waals surface area contributed by atoms with Crippen molar-refractivity contribution in [2.24, 2.45) is 0 Å². The second-order valence-electron chi connectivity index (χ2n) is 4.09. The van der Waals surface area contributed by atoms with Crippen molar-refractivity contribution in [2.45, 2.75) is 13.5 Å². The number of hydrogen-bond acceptors (Lipinski definition) is 4. The van der Waals surface area contributed by atoms with Gasteiger partial charge >= 0.3 is 0 Å². The molecule has 0 atom stereocenters. The predicted octanol–water partition coefficient (Wildman–Crippen LogP) is 2.70. The van der Waals surface area contributed by atoms with Crippen molar-refractivity contribution >= 4 is 17.2 Å². The zero-order valence-corrected chi connectivity index (χ0v) is 11.6. The second kappa shape index (κ2) is 5.75. The molecule has 2 N–H and O–H groups in total. The number of benzene rings is 1. The summed E-state index contributed by atoms with van der Waals surface area (Å²) in [5.74, 6) is 0.167. The molecule has 0 unspecified atom stereocenters. The molecule has 19 heavy (non-hydrogen) atoms. The highest BCUT2D eigenvalue weighted by Crippen LogP contribution is 2.23. The molecule has 0 fully saturated rings. The van der Waals surface area contributed by atoms with E-state index in [9.17, 15) is 9.90 Å². The van der Waals surface area contributed by atoms with Crippen LogP contribution in [0.15, 0.2) is 29.6 Å². The van der Waals surface area contributed by atoms with E-state index >= 15 is 0 Å². The molecule has 2 aromatic rings. The fourth-order valence-electron chi connectivity index (χ4n) is 1.66. The van der Waals surface area contributed by atoms with Crippen molar-refractivity contribution in [1.29, 1.82) is 0 Å². The summed E-state index contributed by atoms with van der Waals surface area (Å²) in [5, 5.41) is 14.5. The molecule has 1 heterocycles. The number of phenols is 1. The first-order valence-corrected chi connectivity index (χ1v) is 6.68. The molecule has 5 heteroatoms. The number of methoxy groups -OCH3 is 1. The first-order valence-electron chi connectivity index (χ1n) is 5.80. The van der Waals surface area contributed by atoms with Crippen LogP contribution in [0, 0.1) is 6.92 Å². The Balaban J connectivity index is 2.10. The highest BCUT2D eigenvalue weighted by molar-refractivity contribution is 7.10. The summed E-state index contributed by atoms with van der Waals surface area (Å²) in [6.07, 6.45) is 0. The Hall–Kier alpha value is -2.01. The molecule has 100 valence electrons. The third-order valence-corrected chi connectivity index (χ3v) is 3.85. The fraction of sp³-hybridized carbons (Fsp3) is 0.214. The van der Waals surface area contributed by atoms with Crippen LogP contribution in [0.4, 0.5) is 0 Å². The Labute approximate surface area is 115 Å². The average molecular weight is 277 g/mol. The van der Waals surface area contributed by atoms with Crippen LogP contribution in [-0.4, -0.2) is 18.1 Å². The van der Waals surface area contributed by atoms with E-state index in [0.29, 0.717) is 12.3 Å². The molecule has 0 bridgehead atoms. The van der Waals surface area contributed by atoms with E-state index in [1.165, 1.54) is 19.2 Å². The number of rotatable bonds is 4. The monoisotopic (exact) mass is 277 g/mol. The van der Waals surface area contributed by atoms with Crippen LogP contribution in [0.1, 0.15) is 20.8 Å². The Morgan fingerprint density at radius 3 is 2.84 bits per heavy atom. The zero-order valence-electron chi connectivity index (χ0n) is 10.8. The fourth-order valence-corrected chi connectivity index (χ4v) is 2.51. The lowest BCUT2D eigenvalue weighted by atomic mass is 10.1. The molecule has 2 rings (SSSR count). The summed E-state index contributed by atoms with van der Waals surface area (Å²) in [6, 6.07) is 6.58. The molecule has 0 aliphatic carbocycles. The molecule has 0 radical (unpaired) electrons. The van der Waals surface area contributed by atoms with E-state index in [1.54, 1.807) is 17.4 Å². The highest BCUT2D eigenvalue weighted by atomic mass is 32.1. The van der Waals surface area contributed by atoms with Gasteiger partial charge in [-0.1, -0.05) is 0 Å². The second-order valence-corrected chi connectivity index (χ2v) is 5.09. The van der Waals surface area contributed by atoms with E-state index in [-0.39, 0.29) is 17.2 Å². The van der Waals surface area contributed by atoms with E-state index in [4.69, 9.17) is 4.74 Å². The minimum atomic E-state index is -0.316. The zero-order chi connectivity index (χ0) is 13.8. The van der Waals surface area contributed by atoms with Crippen molar-refractivity contribution in [3.63, 3.8) is 0 Å². The van der Waals surface area contributed by atoms with Crippen molar-refractivity contribution in [3.05, 3.63) is 45.6 Å². The van der Waals surface area contributed by atoms with Gasteiger partial charge in [0, 0.05) is 4.88 Å². The average Bonchev–Trinajstić information content (AvgIpc) is 2.82. The number of aromatic hydroxyl groups is 1. The Morgan fingerprint density at radius 1 is 1.42 bits per heavy atom. The van der Waals surface area contributed by atoms with Crippen LogP contribution in [0.2, 0.25) is 0 Å². The maximum atomic E-state index is 12.0. The lowest BCUT2D eigenvalue weighted by Gasteiger charge is -2.08. The lowest BCUT2D eigenvalue weighted by molar-refractivity contribution is 0.0948. The first kappa shape index (κ1) is 13.4. The van der Waals surface area contributed by atoms with Crippen molar-refractivity contribution in [3.8, 4) is 11.5 Å². The summed E-state index contributed by atoms with van der Waals surface area (Å²) in [5.41, 5.74) is 1.37. The third-order valence-electron chi connectivity index (χ3n) is 2.83.